The van der Waals surface area contributed by atoms with E-state index in [1.807, 2.05) is 31.2 Å². The van der Waals surface area contributed by atoms with Crippen molar-refractivity contribution in [1.29, 1.82) is 0 Å². The molecule has 0 saturated heterocycles. The van der Waals surface area contributed by atoms with Crippen molar-refractivity contribution >= 4 is 23.3 Å². The molecule has 7 heteroatoms. The summed E-state index contributed by atoms with van der Waals surface area (Å²) in [5.41, 5.74) is 2.10. The van der Waals surface area contributed by atoms with Crippen molar-refractivity contribution in [2.24, 2.45) is 0 Å². The third kappa shape index (κ3) is 4.54. The van der Waals surface area contributed by atoms with Crippen LogP contribution in [0.25, 0.3) is 0 Å². The molecule has 0 aliphatic rings. The summed E-state index contributed by atoms with van der Waals surface area (Å²) in [6.07, 6.45) is 6.39. The van der Waals surface area contributed by atoms with Crippen LogP contribution in [0.5, 0.6) is 0 Å². The molecule has 0 aliphatic heterocycles. The topological polar surface area (TPSA) is 75.6 Å². The summed E-state index contributed by atoms with van der Waals surface area (Å²) in [5, 5.41) is 6.17. The molecule has 6 nitrogen and oxygen atoms in total. The van der Waals surface area contributed by atoms with Crippen LogP contribution in [0.3, 0.4) is 0 Å². The van der Waals surface area contributed by atoms with Crippen LogP contribution in [0.4, 0.5) is 23.3 Å². The fourth-order valence-electron chi connectivity index (χ4n) is 1.78. The number of nitrogens with one attached hydrogen (secondary N) is 2. The number of benzene rings is 1. The van der Waals surface area contributed by atoms with Gasteiger partial charge in [-0.1, -0.05) is 12.1 Å². The normalized spacial score (nSPS) is 9.68. The molecule has 0 bridgehead atoms. The molecule has 0 atom stereocenters. The SMILES string of the molecule is Cc1cccc(Nc2nc[c-]c(Nc3cnccn3)n2)c1.[Y]. The number of aryl methyl sites for hydroxylation is 1. The van der Waals surface area contributed by atoms with Crippen LogP contribution in [-0.4, -0.2) is 19.9 Å². The van der Waals surface area contributed by atoms with Gasteiger partial charge in [-0.2, -0.15) is 0 Å². The third-order valence-corrected chi connectivity index (χ3v) is 2.69. The van der Waals surface area contributed by atoms with Crippen LogP contribution >= 0.6 is 0 Å². The smallest absolute Gasteiger partial charge is 0.223 e. The van der Waals surface area contributed by atoms with Crippen LogP contribution in [0.1, 0.15) is 5.56 Å². The predicted octanol–water partition coefficient (Wildman–Crippen LogP) is 2.86. The largest absolute Gasteiger partial charge is 0.408 e. The molecule has 107 valence electrons. The van der Waals surface area contributed by atoms with E-state index in [-0.39, 0.29) is 32.7 Å². The summed E-state index contributed by atoms with van der Waals surface area (Å²) in [4.78, 5) is 16.6. The fourth-order valence-corrected chi connectivity index (χ4v) is 1.78. The molecule has 0 fully saturated rings. The summed E-state index contributed by atoms with van der Waals surface area (Å²) >= 11 is 0. The number of nitrogens with zero attached hydrogens (tertiary/aromatic N) is 4. The minimum absolute atomic E-state index is 0. The maximum absolute atomic E-state index is 4.34. The molecule has 1 aromatic carbocycles. The van der Waals surface area contributed by atoms with Gasteiger partial charge in [0.05, 0.1) is 6.20 Å². The Morgan fingerprint density at radius 1 is 1.09 bits per heavy atom. The van der Waals surface area contributed by atoms with Crippen molar-refractivity contribution in [3.63, 3.8) is 0 Å². The summed E-state index contributed by atoms with van der Waals surface area (Å²) in [5.74, 6) is 1.63. The van der Waals surface area contributed by atoms with Gasteiger partial charge < -0.3 is 16.7 Å². The van der Waals surface area contributed by atoms with Crippen molar-refractivity contribution in [2.45, 2.75) is 6.92 Å². The van der Waals surface area contributed by atoms with Gasteiger partial charge in [0.2, 0.25) is 5.95 Å². The second-order valence-electron chi connectivity index (χ2n) is 4.40. The fraction of sp³-hybridized carbons (Fsp3) is 0.0667. The van der Waals surface area contributed by atoms with Crippen LogP contribution in [0.2, 0.25) is 0 Å². The van der Waals surface area contributed by atoms with Crippen LogP contribution in [-0.2, 0) is 32.7 Å². The van der Waals surface area contributed by atoms with Gasteiger partial charge in [-0.3, -0.25) is 9.97 Å². The van der Waals surface area contributed by atoms with Gasteiger partial charge in [-0.15, -0.1) is 6.20 Å². The zero-order valence-corrected chi connectivity index (χ0v) is 14.8. The molecular formula is C15H13N6Y-. The number of aromatic nitrogens is 4. The first kappa shape index (κ1) is 16.5. The Labute approximate surface area is 153 Å². The van der Waals surface area contributed by atoms with E-state index < -0.39 is 0 Å². The average molecular weight is 366 g/mol. The first-order chi connectivity index (χ1) is 10.3. The molecule has 1 radical (unpaired) electrons. The molecule has 2 N–H and O–H groups in total. The van der Waals surface area contributed by atoms with E-state index in [1.54, 1.807) is 24.8 Å². The van der Waals surface area contributed by atoms with E-state index in [4.69, 9.17) is 0 Å². The maximum Gasteiger partial charge on any atom is 0.223 e. The van der Waals surface area contributed by atoms with Gasteiger partial charge in [-0.25, -0.2) is 9.97 Å². The number of hydrogen-bond donors (Lipinski definition) is 2. The van der Waals surface area contributed by atoms with E-state index in [2.05, 4.69) is 36.6 Å². The molecule has 0 saturated carbocycles. The Morgan fingerprint density at radius 3 is 2.77 bits per heavy atom. The van der Waals surface area contributed by atoms with Crippen LogP contribution < -0.4 is 10.6 Å². The number of hydrogen-bond acceptors (Lipinski definition) is 6. The molecule has 2 heterocycles. The Hall–Kier alpha value is -1.92. The third-order valence-electron chi connectivity index (χ3n) is 2.69. The van der Waals surface area contributed by atoms with E-state index >= 15 is 0 Å². The molecule has 3 rings (SSSR count). The van der Waals surface area contributed by atoms with Gasteiger partial charge in [-0.05, 0) is 30.4 Å². The van der Waals surface area contributed by atoms with E-state index in [9.17, 15) is 0 Å². The number of anilines is 4. The van der Waals surface area contributed by atoms with E-state index in [0.717, 1.165) is 5.69 Å². The minimum Gasteiger partial charge on any atom is -0.408 e. The molecular weight excluding hydrogens is 353 g/mol. The second kappa shape index (κ2) is 7.91. The van der Waals surface area contributed by atoms with Gasteiger partial charge >= 0.3 is 0 Å². The molecule has 0 spiro atoms. The second-order valence-corrected chi connectivity index (χ2v) is 4.40. The van der Waals surface area contributed by atoms with Crippen molar-refractivity contribution in [3.05, 3.63) is 60.7 Å². The molecule has 0 aliphatic carbocycles. The predicted molar refractivity (Wildman–Crippen MR) is 80.6 cm³/mol. The summed E-state index contributed by atoms with van der Waals surface area (Å²) < 4.78 is 0. The standard InChI is InChI=1S/C15H13N6.Y/c1-11-3-2-4-12(9-11)19-15-18-6-5-13(21-15)20-14-10-16-7-8-17-14;/h2-4,6-10H,1H3,(H2,17,18,19,20,21);/q-1;. The Morgan fingerprint density at radius 2 is 2.00 bits per heavy atom. The summed E-state index contributed by atoms with van der Waals surface area (Å²) in [6, 6.07) is 10.9. The number of rotatable bonds is 4. The minimum atomic E-state index is 0. The molecule has 3 aromatic rings. The Kier molecular flexibility index (Phi) is 5.92. The van der Waals surface area contributed by atoms with Crippen molar-refractivity contribution in [1.82, 2.24) is 19.9 Å². The van der Waals surface area contributed by atoms with E-state index in [0.29, 0.717) is 17.6 Å². The maximum atomic E-state index is 4.34. The van der Waals surface area contributed by atoms with Crippen molar-refractivity contribution < 1.29 is 32.7 Å². The van der Waals surface area contributed by atoms with Crippen LogP contribution in [0.15, 0.2) is 49.1 Å². The Balaban J connectivity index is 0.00000176. The zero-order chi connectivity index (χ0) is 14.5. The summed E-state index contributed by atoms with van der Waals surface area (Å²) in [7, 11) is 0. The van der Waals surface area contributed by atoms with Gasteiger partial charge in [0.25, 0.3) is 0 Å². The van der Waals surface area contributed by atoms with Gasteiger partial charge in [0.15, 0.2) is 0 Å². The molecule has 2 aromatic heterocycles. The molecule has 0 unspecified atom stereocenters. The van der Waals surface area contributed by atoms with Crippen LogP contribution in [0, 0.1) is 13.0 Å². The van der Waals surface area contributed by atoms with Gasteiger partial charge in [0, 0.05) is 50.8 Å². The van der Waals surface area contributed by atoms with Crippen molar-refractivity contribution in [2.75, 3.05) is 10.6 Å². The molecule has 0 amide bonds. The Bertz CT molecular complexity index is 735. The monoisotopic (exact) mass is 366 g/mol. The van der Waals surface area contributed by atoms with Crippen molar-refractivity contribution in [3.8, 4) is 0 Å². The van der Waals surface area contributed by atoms with E-state index in [1.165, 1.54) is 5.56 Å². The quantitative estimate of drug-likeness (QED) is 0.692. The first-order valence-corrected chi connectivity index (χ1v) is 6.41. The first-order valence-electron chi connectivity index (χ1n) is 6.41. The average Bonchev–Trinajstić information content (AvgIpc) is 2.49. The summed E-state index contributed by atoms with van der Waals surface area (Å²) in [6.45, 7) is 2.03. The zero-order valence-electron chi connectivity index (χ0n) is 12.0. The molecule has 22 heavy (non-hydrogen) atoms. The van der Waals surface area contributed by atoms with Gasteiger partial charge in [0.1, 0.15) is 5.82 Å².